The number of nitrogen functional groups attached to an aromatic ring is 2. The first-order chi connectivity index (χ1) is 8.82. The van der Waals surface area contributed by atoms with E-state index in [2.05, 4.69) is 70.0 Å². The molecule has 4 N–H and O–H groups in total. The highest BCUT2D eigenvalue weighted by molar-refractivity contribution is 9.11. The van der Waals surface area contributed by atoms with Crippen molar-refractivity contribution in [3.8, 4) is 0 Å². The predicted molar refractivity (Wildman–Crippen MR) is 89.2 cm³/mol. The quantitative estimate of drug-likeness (QED) is 0.738. The van der Waals surface area contributed by atoms with Gasteiger partial charge in [0.2, 0.25) is 0 Å². The highest BCUT2D eigenvalue weighted by atomic mass is 79.9. The summed E-state index contributed by atoms with van der Waals surface area (Å²) in [6.45, 7) is 4.37. The molecule has 0 aromatic heterocycles. The van der Waals surface area contributed by atoms with Crippen molar-refractivity contribution in [1.82, 2.24) is 0 Å². The maximum atomic E-state index is 5.84. The number of anilines is 2. The molecule has 0 aliphatic rings. The molecule has 0 aliphatic carbocycles. The van der Waals surface area contributed by atoms with Crippen LogP contribution in [-0.4, -0.2) is 0 Å². The number of nitrogens with two attached hydrogens (primary N) is 2. The number of hydrogen-bond donors (Lipinski definition) is 2. The zero-order chi connectivity index (χ0) is 14.2. The normalized spacial score (nSPS) is 11.6. The van der Waals surface area contributed by atoms with E-state index in [-0.39, 0.29) is 5.41 Å². The molecule has 4 heteroatoms. The molecule has 19 heavy (non-hydrogen) atoms. The second-order valence-electron chi connectivity index (χ2n) is 5.10. The number of halogens is 2. The highest BCUT2D eigenvalue weighted by Crippen LogP contribution is 2.36. The third kappa shape index (κ3) is 2.79. The molecule has 0 saturated heterocycles. The van der Waals surface area contributed by atoms with E-state index in [0.29, 0.717) is 0 Å². The molecule has 100 valence electrons. The van der Waals surface area contributed by atoms with Crippen molar-refractivity contribution in [3.05, 3.63) is 56.5 Å². The van der Waals surface area contributed by atoms with Crippen molar-refractivity contribution in [1.29, 1.82) is 0 Å². The van der Waals surface area contributed by atoms with E-state index in [0.717, 1.165) is 20.3 Å². The molecule has 0 bridgehead atoms. The fourth-order valence-corrected chi connectivity index (χ4v) is 2.76. The standard InChI is InChI=1S/C15H16Br2N2/c1-15(2,9-3-5-13(18)11(16)7-9)10-4-6-14(19)12(17)8-10/h3-8H,18-19H2,1-2H3. The Hall–Kier alpha value is -1.00. The maximum absolute atomic E-state index is 5.84. The molecule has 0 spiro atoms. The Balaban J connectivity index is 2.51. The molecule has 0 heterocycles. The van der Waals surface area contributed by atoms with E-state index in [9.17, 15) is 0 Å². The summed E-state index contributed by atoms with van der Waals surface area (Å²) < 4.78 is 1.85. The minimum Gasteiger partial charge on any atom is -0.398 e. The van der Waals surface area contributed by atoms with Crippen LogP contribution in [0.1, 0.15) is 25.0 Å². The summed E-state index contributed by atoms with van der Waals surface area (Å²) in [5.74, 6) is 0. The molecule has 2 nitrogen and oxygen atoms in total. The monoisotopic (exact) mass is 382 g/mol. The van der Waals surface area contributed by atoms with Gasteiger partial charge in [-0.1, -0.05) is 26.0 Å². The van der Waals surface area contributed by atoms with E-state index in [4.69, 9.17) is 11.5 Å². The Labute approximate surface area is 130 Å². The molecule has 0 fully saturated rings. The summed E-state index contributed by atoms with van der Waals surface area (Å²) in [5.41, 5.74) is 15.5. The van der Waals surface area contributed by atoms with Gasteiger partial charge in [-0.15, -0.1) is 0 Å². The van der Waals surface area contributed by atoms with E-state index in [1.54, 1.807) is 0 Å². The molecule has 2 aromatic rings. The van der Waals surface area contributed by atoms with Crippen molar-refractivity contribution in [3.63, 3.8) is 0 Å². The Kier molecular flexibility index (Phi) is 3.92. The van der Waals surface area contributed by atoms with Gasteiger partial charge in [-0.25, -0.2) is 0 Å². The Morgan fingerprint density at radius 2 is 1.16 bits per heavy atom. The molecule has 0 atom stereocenters. The molecule has 0 radical (unpaired) electrons. The Bertz CT molecular complexity index is 568. The minimum atomic E-state index is -0.119. The van der Waals surface area contributed by atoms with E-state index in [1.165, 1.54) is 11.1 Å². The van der Waals surface area contributed by atoms with E-state index in [1.807, 2.05) is 12.1 Å². The van der Waals surface area contributed by atoms with Crippen LogP contribution in [0.25, 0.3) is 0 Å². The SMILES string of the molecule is CC(C)(c1ccc(N)c(Br)c1)c1ccc(N)c(Br)c1. The smallest absolute Gasteiger partial charge is 0.0458 e. The average molecular weight is 384 g/mol. The topological polar surface area (TPSA) is 52.0 Å². The summed E-state index contributed by atoms with van der Waals surface area (Å²) in [6.07, 6.45) is 0. The first kappa shape index (κ1) is 14.4. The summed E-state index contributed by atoms with van der Waals surface area (Å²) in [6, 6.07) is 12.1. The van der Waals surface area contributed by atoms with Gasteiger partial charge in [-0.05, 0) is 67.3 Å². The van der Waals surface area contributed by atoms with Crippen molar-refractivity contribution in [2.45, 2.75) is 19.3 Å². The van der Waals surface area contributed by atoms with Gasteiger partial charge in [0.05, 0.1) is 0 Å². The molecule has 0 unspecified atom stereocenters. The van der Waals surface area contributed by atoms with Crippen molar-refractivity contribution >= 4 is 43.2 Å². The fraction of sp³-hybridized carbons (Fsp3) is 0.200. The summed E-state index contributed by atoms with van der Waals surface area (Å²) in [7, 11) is 0. The molecule has 0 saturated carbocycles. The molecule has 0 aliphatic heterocycles. The summed E-state index contributed by atoms with van der Waals surface area (Å²) >= 11 is 6.97. The Morgan fingerprint density at radius 3 is 1.47 bits per heavy atom. The first-order valence-electron chi connectivity index (χ1n) is 5.93. The van der Waals surface area contributed by atoms with Crippen LogP contribution in [0, 0.1) is 0 Å². The zero-order valence-electron chi connectivity index (χ0n) is 10.9. The van der Waals surface area contributed by atoms with Gasteiger partial charge in [0.15, 0.2) is 0 Å². The lowest BCUT2D eigenvalue weighted by molar-refractivity contribution is 0.640. The molecule has 2 aromatic carbocycles. The van der Waals surface area contributed by atoms with Crippen LogP contribution in [0.2, 0.25) is 0 Å². The third-order valence-corrected chi connectivity index (χ3v) is 4.82. The Morgan fingerprint density at radius 1 is 0.789 bits per heavy atom. The number of hydrogen-bond acceptors (Lipinski definition) is 2. The van der Waals surface area contributed by atoms with Gasteiger partial charge >= 0.3 is 0 Å². The van der Waals surface area contributed by atoms with Crippen LogP contribution in [0.3, 0.4) is 0 Å². The molecular formula is C15H16Br2N2. The van der Waals surface area contributed by atoms with Crippen LogP contribution < -0.4 is 11.5 Å². The van der Waals surface area contributed by atoms with E-state index >= 15 is 0 Å². The lowest BCUT2D eigenvalue weighted by Crippen LogP contribution is -2.19. The second kappa shape index (κ2) is 5.17. The van der Waals surface area contributed by atoms with Crippen LogP contribution >= 0.6 is 31.9 Å². The van der Waals surface area contributed by atoms with Crippen molar-refractivity contribution < 1.29 is 0 Å². The van der Waals surface area contributed by atoms with Crippen molar-refractivity contribution in [2.24, 2.45) is 0 Å². The molecule has 0 amide bonds. The van der Waals surface area contributed by atoms with Gasteiger partial charge in [0, 0.05) is 25.7 Å². The maximum Gasteiger partial charge on any atom is 0.0458 e. The van der Waals surface area contributed by atoms with Crippen LogP contribution in [0.15, 0.2) is 45.3 Å². The fourth-order valence-electron chi connectivity index (χ4n) is 2.00. The second-order valence-corrected chi connectivity index (χ2v) is 6.81. The van der Waals surface area contributed by atoms with Crippen LogP contribution in [0.4, 0.5) is 11.4 Å². The van der Waals surface area contributed by atoms with Crippen LogP contribution in [0.5, 0.6) is 0 Å². The zero-order valence-corrected chi connectivity index (χ0v) is 14.0. The summed E-state index contributed by atoms with van der Waals surface area (Å²) in [5, 5.41) is 0. The lowest BCUT2D eigenvalue weighted by Gasteiger charge is -2.27. The van der Waals surface area contributed by atoms with Crippen LogP contribution in [-0.2, 0) is 5.41 Å². The largest absolute Gasteiger partial charge is 0.398 e. The van der Waals surface area contributed by atoms with Gasteiger partial charge in [-0.3, -0.25) is 0 Å². The van der Waals surface area contributed by atoms with Crippen molar-refractivity contribution in [2.75, 3.05) is 11.5 Å². The predicted octanol–water partition coefficient (Wildman–Crippen LogP) is 4.70. The van der Waals surface area contributed by atoms with E-state index < -0.39 is 0 Å². The number of rotatable bonds is 2. The third-order valence-electron chi connectivity index (χ3n) is 3.44. The lowest BCUT2D eigenvalue weighted by atomic mass is 9.78. The van der Waals surface area contributed by atoms with Gasteiger partial charge in [0.25, 0.3) is 0 Å². The summed E-state index contributed by atoms with van der Waals surface area (Å²) in [4.78, 5) is 0. The molecular weight excluding hydrogens is 368 g/mol. The first-order valence-corrected chi connectivity index (χ1v) is 7.52. The van der Waals surface area contributed by atoms with Gasteiger partial charge < -0.3 is 11.5 Å². The average Bonchev–Trinajstić information content (AvgIpc) is 2.35. The number of benzene rings is 2. The van der Waals surface area contributed by atoms with Gasteiger partial charge in [-0.2, -0.15) is 0 Å². The molecule has 2 rings (SSSR count). The highest BCUT2D eigenvalue weighted by Gasteiger charge is 2.24. The minimum absolute atomic E-state index is 0.119. The van der Waals surface area contributed by atoms with Gasteiger partial charge in [0.1, 0.15) is 0 Å².